The van der Waals surface area contributed by atoms with Crippen LogP contribution in [0.4, 0.5) is 0 Å². The van der Waals surface area contributed by atoms with Crippen molar-refractivity contribution in [3.05, 3.63) is 12.7 Å². The third kappa shape index (κ3) is 2.87. The van der Waals surface area contributed by atoms with Crippen LogP contribution in [0.15, 0.2) is 12.7 Å². The molecule has 1 saturated heterocycles. The smallest absolute Gasteiger partial charge is 0.249 e. The zero-order valence-electron chi connectivity index (χ0n) is 12.4. The van der Waals surface area contributed by atoms with Gasteiger partial charge in [-0.25, -0.2) is 0 Å². The number of carbonyl (C=O) groups excluding carboxylic acids is 2. The molecule has 2 atom stereocenters. The van der Waals surface area contributed by atoms with Crippen molar-refractivity contribution >= 4 is 23.6 Å². The maximum Gasteiger partial charge on any atom is 0.249 e. The van der Waals surface area contributed by atoms with Crippen LogP contribution in [-0.2, 0) is 9.59 Å². The number of piperazine rings is 1. The largest absolute Gasteiger partial charge is 0.340 e. The van der Waals surface area contributed by atoms with Gasteiger partial charge in [0, 0.05) is 18.1 Å². The highest BCUT2D eigenvalue weighted by atomic mass is 32.2. The number of amides is 2. The molecule has 1 saturated carbocycles. The summed E-state index contributed by atoms with van der Waals surface area (Å²) in [6.45, 7) is 8.19. The average Bonchev–Trinajstić information content (AvgIpc) is 3.24. The molecule has 5 heteroatoms. The first-order valence-corrected chi connectivity index (χ1v) is 8.51. The molecule has 0 aromatic heterocycles. The zero-order chi connectivity index (χ0) is 14.8. The van der Waals surface area contributed by atoms with E-state index >= 15 is 0 Å². The second-order valence-corrected chi connectivity index (χ2v) is 6.90. The van der Waals surface area contributed by atoms with Crippen LogP contribution in [0.25, 0.3) is 0 Å². The maximum atomic E-state index is 12.8. The molecule has 0 aromatic rings. The minimum Gasteiger partial charge on any atom is -0.340 e. The Morgan fingerprint density at radius 1 is 1.50 bits per heavy atom. The summed E-state index contributed by atoms with van der Waals surface area (Å²) in [4.78, 5) is 26.9. The van der Waals surface area contributed by atoms with Crippen molar-refractivity contribution in [2.24, 2.45) is 5.92 Å². The van der Waals surface area contributed by atoms with Gasteiger partial charge in [0.2, 0.25) is 11.8 Å². The molecule has 0 spiro atoms. The van der Waals surface area contributed by atoms with Crippen LogP contribution in [0.3, 0.4) is 0 Å². The fourth-order valence-electron chi connectivity index (χ4n) is 2.90. The highest BCUT2D eigenvalue weighted by Gasteiger charge is 2.54. The first-order valence-electron chi connectivity index (χ1n) is 7.36. The summed E-state index contributed by atoms with van der Waals surface area (Å²) in [5.41, 5.74) is -0.675. The number of nitrogens with zero attached hydrogens (tertiary/aromatic N) is 1. The van der Waals surface area contributed by atoms with Crippen LogP contribution in [0, 0.1) is 5.92 Å². The number of hydrogen-bond donors (Lipinski definition) is 1. The zero-order valence-corrected chi connectivity index (χ0v) is 13.2. The van der Waals surface area contributed by atoms with Crippen molar-refractivity contribution in [2.75, 3.05) is 18.1 Å². The molecule has 2 unspecified atom stereocenters. The highest BCUT2D eigenvalue weighted by molar-refractivity contribution is 7.99. The predicted molar refractivity (Wildman–Crippen MR) is 82.6 cm³/mol. The van der Waals surface area contributed by atoms with E-state index in [-0.39, 0.29) is 17.9 Å². The van der Waals surface area contributed by atoms with E-state index < -0.39 is 5.54 Å². The number of thioether (sulfide) groups is 1. The van der Waals surface area contributed by atoms with Crippen molar-refractivity contribution < 1.29 is 9.59 Å². The molecule has 1 N–H and O–H groups in total. The van der Waals surface area contributed by atoms with Crippen LogP contribution in [0.5, 0.6) is 0 Å². The van der Waals surface area contributed by atoms with Gasteiger partial charge in [-0.15, -0.1) is 6.58 Å². The Morgan fingerprint density at radius 3 is 2.75 bits per heavy atom. The lowest BCUT2D eigenvalue weighted by Crippen LogP contribution is -2.70. The molecule has 2 amide bonds. The molecule has 0 bridgehead atoms. The highest BCUT2D eigenvalue weighted by Crippen LogP contribution is 2.42. The minimum atomic E-state index is -0.675. The number of rotatable bonds is 7. The van der Waals surface area contributed by atoms with E-state index in [1.807, 2.05) is 19.9 Å². The molecule has 1 heterocycles. The number of nitrogens with one attached hydrogen (secondary N) is 1. The second-order valence-electron chi connectivity index (χ2n) is 5.75. The predicted octanol–water partition coefficient (Wildman–Crippen LogP) is 1.81. The Balaban J connectivity index is 2.08. The summed E-state index contributed by atoms with van der Waals surface area (Å²) in [7, 11) is 0. The number of hydrogen-bond acceptors (Lipinski definition) is 3. The molecule has 2 rings (SSSR count). The van der Waals surface area contributed by atoms with Gasteiger partial charge in [-0.05, 0) is 32.1 Å². The van der Waals surface area contributed by atoms with Gasteiger partial charge in [0.05, 0.1) is 0 Å². The molecular weight excluding hydrogens is 272 g/mol. The molecule has 0 radical (unpaired) electrons. The summed E-state index contributed by atoms with van der Waals surface area (Å²) < 4.78 is 0. The van der Waals surface area contributed by atoms with Gasteiger partial charge in [-0.3, -0.25) is 9.59 Å². The summed E-state index contributed by atoms with van der Waals surface area (Å²) in [6, 6.07) is -0.307. The molecule has 2 fully saturated rings. The van der Waals surface area contributed by atoms with Crippen LogP contribution >= 0.6 is 11.8 Å². The lowest BCUT2D eigenvalue weighted by atomic mass is 9.89. The van der Waals surface area contributed by atoms with E-state index in [0.29, 0.717) is 18.9 Å². The van der Waals surface area contributed by atoms with Crippen LogP contribution < -0.4 is 5.32 Å². The Morgan fingerprint density at radius 2 is 2.20 bits per heavy atom. The molecular formula is C15H24N2O2S. The third-order valence-electron chi connectivity index (χ3n) is 4.26. The summed E-state index contributed by atoms with van der Waals surface area (Å²) in [6.07, 6.45) is 4.61. The van der Waals surface area contributed by atoms with Crippen molar-refractivity contribution in [1.29, 1.82) is 0 Å². The molecule has 1 aliphatic heterocycles. The van der Waals surface area contributed by atoms with Crippen LogP contribution in [-0.4, -0.2) is 46.3 Å². The van der Waals surface area contributed by atoms with Crippen molar-refractivity contribution in [3.8, 4) is 0 Å². The Labute approximate surface area is 125 Å². The average molecular weight is 296 g/mol. The maximum absolute atomic E-state index is 12.8. The normalized spacial score (nSPS) is 30.3. The van der Waals surface area contributed by atoms with E-state index in [4.69, 9.17) is 0 Å². The van der Waals surface area contributed by atoms with Gasteiger partial charge in [0.1, 0.15) is 11.6 Å². The number of carbonyl (C=O) groups is 2. The van der Waals surface area contributed by atoms with Gasteiger partial charge in [-0.2, -0.15) is 11.8 Å². The molecule has 4 nitrogen and oxygen atoms in total. The molecule has 112 valence electrons. The van der Waals surface area contributed by atoms with Crippen LogP contribution in [0.2, 0.25) is 0 Å². The quantitative estimate of drug-likeness (QED) is 0.576. The molecule has 20 heavy (non-hydrogen) atoms. The first-order chi connectivity index (χ1) is 9.54. The van der Waals surface area contributed by atoms with Gasteiger partial charge in [-0.1, -0.05) is 13.0 Å². The summed E-state index contributed by atoms with van der Waals surface area (Å²) in [5, 5.41) is 2.98. The van der Waals surface area contributed by atoms with Crippen molar-refractivity contribution in [3.63, 3.8) is 0 Å². The van der Waals surface area contributed by atoms with Gasteiger partial charge in [0.25, 0.3) is 0 Å². The first kappa shape index (κ1) is 15.4. The topological polar surface area (TPSA) is 49.4 Å². The van der Waals surface area contributed by atoms with Gasteiger partial charge in [0.15, 0.2) is 0 Å². The van der Waals surface area contributed by atoms with E-state index in [1.165, 1.54) is 0 Å². The summed E-state index contributed by atoms with van der Waals surface area (Å²) >= 11 is 1.74. The van der Waals surface area contributed by atoms with E-state index in [2.05, 4.69) is 11.9 Å². The molecule has 0 aromatic carbocycles. The van der Waals surface area contributed by atoms with E-state index in [1.54, 1.807) is 16.7 Å². The van der Waals surface area contributed by atoms with Gasteiger partial charge >= 0.3 is 0 Å². The standard InChI is InChI=1S/C15H24N2O2S/c1-4-9-20-10-8-17-12(5-2)13(18)16-15(3,14(17)19)11-6-7-11/h4,11-12H,1,5-10H2,2-3H3,(H,16,18). The molecule has 2 aliphatic rings. The Bertz CT molecular complexity index is 409. The van der Waals surface area contributed by atoms with Crippen molar-refractivity contribution in [1.82, 2.24) is 10.2 Å². The fraction of sp³-hybridized carbons (Fsp3) is 0.733. The lowest BCUT2D eigenvalue weighted by Gasteiger charge is -2.44. The van der Waals surface area contributed by atoms with Gasteiger partial charge < -0.3 is 10.2 Å². The second kappa shape index (κ2) is 6.20. The third-order valence-corrected chi connectivity index (χ3v) is 5.20. The SMILES string of the molecule is C=CCSCCN1C(=O)C(C)(C2CC2)NC(=O)C1CC. The van der Waals surface area contributed by atoms with E-state index in [9.17, 15) is 9.59 Å². The minimum absolute atomic E-state index is 0.00946. The fourth-order valence-corrected chi connectivity index (χ4v) is 3.56. The Kier molecular flexibility index (Phi) is 4.78. The monoisotopic (exact) mass is 296 g/mol. The lowest BCUT2D eigenvalue weighted by molar-refractivity contribution is -0.155. The van der Waals surface area contributed by atoms with Crippen LogP contribution in [0.1, 0.15) is 33.1 Å². The van der Waals surface area contributed by atoms with Crippen molar-refractivity contribution in [2.45, 2.75) is 44.7 Å². The van der Waals surface area contributed by atoms with E-state index in [0.717, 1.165) is 24.3 Å². The molecule has 1 aliphatic carbocycles. The Hall–Kier alpha value is -0.970. The summed E-state index contributed by atoms with van der Waals surface area (Å²) in [5.74, 6) is 2.16.